The van der Waals surface area contributed by atoms with Crippen LogP contribution in [-0.2, 0) is 0 Å². The Morgan fingerprint density at radius 1 is 1.08 bits per heavy atom. The minimum atomic E-state index is 0.677. The lowest BCUT2D eigenvalue weighted by Crippen LogP contribution is -1.79. The summed E-state index contributed by atoms with van der Waals surface area (Å²) in [5.74, 6) is 0. The van der Waals surface area contributed by atoms with E-state index in [1.54, 1.807) is 0 Å². The van der Waals surface area contributed by atoms with Crippen LogP contribution in [0, 0.1) is 11.7 Å². The standard InChI is InChI=1S/C10H10N2S/c1-7-9(12-10(13)11-7)8-5-3-2-4-6-8/h2-6H,1H3,(H2,11,12,13). The fourth-order valence-corrected chi connectivity index (χ4v) is 1.62. The van der Waals surface area contributed by atoms with Crippen molar-refractivity contribution in [3.05, 3.63) is 40.8 Å². The summed E-state index contributed by atoms with van der Waals surface area (Å²) in [6.45, 7) is 2.01. The minimum absolute atomic E-state index is 0.677. The third-order valence-corrected chi connectivity index (χ3v) is 2.18. The average Bonchev–Trinajstić information content (AvgIpc) is 2.47. The Labute approximate surface area is 81.6 Å². The highest BCUT2D eigenvalue weighted by atomic mass is 32.1. The lowest BCUT2D eigenvalue weighted by Gasteiger charge is -1.97. The van der Waals surface area contributed by atoms with E-state index in [9.17, 15) is 0 Å². The van der Waals surface area contributed by atoms with Gasteiger partial charge < -0.3 is 9.97 Å². The SMILES string of the molecule is Cc1[nH]c(=S)[nH]c1-c1ccccc1. The van der Waals surface area contributed by atoms with Crippen molar-refractivity contribution in [2.75, 3.05) is 0 Å². The van der Waals surface area contributed by atoms with Gasteiger partial charge >= 0.3 is 0 Å². The van der Waals surface area contributed by atoms with Crippen molar-refractivity contribution in [2.24, 2.45) is 0 Å². The van der Waals surface area contributed by atoms with Gasteiger partial charge in [0.1, 0.15) is 0 Å². The number of aromatic amines is 2. The summed E-state index contributed by atoms with van der Waals surface area (Å²) in [4.78, 5) is 6.19. The highest BCUT2D eigenvalue weighted by Crippen LogP contribution is 2.18. The van der Waals surface area contributed by atoms with Crippen LogP contribution in [0.2, 0.25) is 0 Å². The van der Waals surface area contributed by atoms with Gasteiger partial charge in [-0.05, 0) is 24.7 Å². The summed E-state index contributed by atoms with van der Waals surface area (Å²) in [6, 6.07) is 10.1. The van der Waals surface area contributed by atoms with Gasteiger partial charge in [0.2, 0.25) is 0 Å². The second kappa shape index (κ2) is 3.18. The van der Waals surface area contributed by atoms with Crippen molar-refractivity contribution in [1.29, 1.82) is 0 Å². The van der Waals surface area contributed by atoms with Gasteiger partial charge in [0.25, 0.3) is 0 Å². The predicted molar refractivity (Wildman–Crippen MR) is 56.2 cm³/mol. The first-order chi connectivity index (χ1) is 6.27. The number of benzene rings is 1. The maximum Gasteiger partial charge on any atom is 0.175 e. The van der Waals surface area contributed by atoms with Crippen molar-refractivity contribution in [3.63, 3.8) is 0 Å². The number of rotatable bonds is 1. The monoisotopic (exact) mass is 190 g/mol. The lowest BCUT2D eigenvalue weighted by atomic mass is 10.1. The molecule has 2 N–H and O–H groups in total. The minimum Gasteiger partial charge on any atom is -0.334 e. The maximum absolute atomic E-state index is 5.01. The second-order valence-corrected chi connectivity index (χ2v) is 3.35. The summed E-state index contributed by atoms with van der Waals surface area (Å²) in [7, 11) is 0. The van der Waals surface area contributed by atoms with Crippen LogP contribution in [0.1, 0.15) is 5.69 Å². The molecule has 0 bridgehead atoms. The van der Waals surface area contributed by atoms with Gasteiger partial charge in [0.05, 0.1) is 5.69 Å². The summed E-state index contributed by atoms with van der Waals surface area (Å²) in [5.41, 5.74) is 3.31. The highest BCUT2D eigenvalue weighted by Gasteiger charge is 2.01. The second-order valence-electron chi connectivity index (χ2n) is 2.95. The number of imidazole rings is 1. The zero-order valence-electron chi connectivity index (χ0n) is 7.29. The van der Waals surface area contributed by atoms with Crippen molar-refractivity contribution in [3.8, 4) is 11.3 Å². The molecule has 0 saturated heterocycles. The highest BCUT2D eigenvalue weighted by molar-refractivity contribution is 7.71. The number of H-pyrrole nitrogens is 2. The van der Waals surface area contributed by atoms with Gasteiger partial charge in [-0.15, -0.1) is 0 Å². The van der Waals surface area contributed by atoms with E-state index in [2.05, 4.69) is 22.1 Å². The van der Waals surface area contributed by atoms with Gasteiger partial charge in [-0.25, -0.2) is 0 Å². The first-order valence-corrected chi connectivity index (χ1v) is 4.52. The zero-order valence-corrected chi connectivity index (χ0v) is 8.11. The molecule has 0 fully saturated rings. The third kappa shape index (κ3) is 1.55. The summed E-state index contributed by atoms with van der Waals surface area (Å²) in [5, 5.41) is 0. The molecule has 3 heteroatoms. The Morgan fingerprint density at radius 3 is 2.31 bits per heavy atom. The van der Waals surface area contributed by atoms with Gasteiger partial charge in [-0.2, -0.15) is 0 Å². The first kappa shape index (κ1) is 8.26. The molecule has 1 heterocycles. The number of nitrogens with one attached hydrogen (secondary N) is 2. The molecule has 13 heavy (non-hydrogen) atoms. The van der Waals surface area contributed by atoms with Crippen LogP contribution < -0.4 is 0 Å². The van der Waals surface area contributed by atoms with E-state index >= 15 is 0 Å². The van der Waals surface area contributed by atoms with E-state index in [1.807, 2.05) is 25.1 Å². The van der Waals surface area contributed by atoms with Crippen LogP contribution in [0.15, 0.2) is 30.3 Å². The molecule has 2 nitrogen and oxygen atoms in total. The Balaban J connectivity index is 2.59. The largest absolute Gasteiger partial charge is 0.334 e. The molecule has 2 aromatic rings. The lowest BCUT2D eigenvalue weighted by molar-refractivity contribution is 1.22. The molecule has 2 rings (SSSR count). The maximum atomic E-state index is 5.01. The van der Waals surface area contributed by atoms with Crippen LogP contribution in [0.25, 0.3) is 11.3 Å². The molecular formula is C10H10N2S. The third-order valence-electron chi connectivity index (χ3n) is 1.98. The van der Waals surface area contributed by atoms with Crippen LogP contribution >= 0.6 is 12.2 Å². The van der Waals surface area contributed by atoms with Crippen molar-refractivity contribution in [2.45, 2.75) is 6.92 Å². The van der Waals surface area contributed by atoms with Crippen molar-refractivity contribution in [1.82, 2.24) is 9.97 Å². The van der Waals surface area contributed by atoms with Crippen LogP contribution in [0.3, 0.4) is 0 Å². The molecule has 0 aliphatic rings. The van der Waals surface area contributed by atoms with Crippen LogP contribution in [0.4, 0.5) is 0 Å². The fraction of sp³-hybridized carbons (Fsp3) is 0.100. The van der Waals surface area contributed by atoms with E-state index in [4.69, 9.17) is 12.2 Å². The van der Waals surface area contributed by atoms with Crippen molar-refractivity contribution >= 4 is 12.2 Å². The summed E-state index contributed by atoms with van der Waals surface area (Å²) < 4.78 is 0.677. The molecule has 0 spiro atoms. The molecular weight excluding hydrogens is 180 g/mol. The Morgan fingerprint density at radius 2 is 1.77 bits per heavy atom. The molecule has 1 aromatic heterocycles. The number of aryl methyl sites for hydroxylation is 1. The Bertz CT molecular complexity index is 453. The fourth-order valence-electron chi connectivity index (χ4n) is 1.36. The summed E-state index contributed by atoms with van der Waals surface area (Å²) in [6.07, 6.45) is 0. The van der Waals surface area contributed by atoms with Gasteiger partial charge in [0.15, 0.2) is 4.77 Å². The van der Waals surface area contributed by atoms with Gasteiger partial charge in [-0.3, -0.25) is 0 Å². The molecule has 0 atom stereocenters. The predicted octanol–water partition coefficient (Wildman–Crippen LogP) is 3.05. The average molecular weight is 190 g/mol. The molecule has 0 saturated carbocycles. The molecule has 66 valence electrons. The first-order valence-electron chi connectivity index (χ1n) is 4.11. The number of hydrogen-bond donors (Lipinski definition) is 2. The van der Waals surface area contributed by atoms with E-state index in [0.29, 0.717) is 4.77 Å². The zero-order chi connectivity index (χ0) is 9.26. The van der Waals surface area contributed by atoms with E-state index < -0.39 is 0 Å². The normalized spacial score (nSPS) is 10.2. The van der Waals surface area contributed by atoms with E-state index in [-0.39, 0.29) is 0 Å². The van der Waals surface area contributed by atoms with E-state index in [0.717, 1.165) is 17.0 Å². The summed E-state index contributed by atoms with van der Waals surface area (Å²) >= 11 is 5.01. The molecule has 0 radical (unpaired) electrons. The number of aromatic nitrogens is 2. The van der Waals surface area contributed by atoms with Gasteiger partial charge in [0, 0.05) is 5.69 Å². The smallest absolute Gasteiger partial charge is 0.175 e. The molecule has 0 amide bonds. The molecule has 1 aromatic carbocycles. The van der Waals surface area contributed by atoms with Crippen molar-refractivity contribution < 1.29 is 0 Å². The topological polar surface area (TPSA) is 31.6 Å². The molecule has 0 aliphatic heterocycles. The van der Waals surface area contributed by atoms with Crippen LogP contribution in [-0.4, -0.2) is 9.97 Å². The quantitative estimate of drug-likeness (QED) is 0.665. The Kier molecular flexibility index (Phi) is 2.02. The van der Waals surface area contributed by atoms with E-state index in [1.165, 1.54) is 0 Å². The Hall–Kier alpha value is -1.35. The van der Waals surface area contributed by atoms with Crippen LogP contribution in [0.5, 0.6) is 0 Å². The van der Waals surface area contributed by atoms with Gasteiger partial charge in [-0.1, -0.05) is 30.3 Å². The molecule has 0 unspecified atom stereocenters. The molecule has 0 aliphatic carbocycles. The number of hydrogen-bond acceptors (Lipinski definition) is 1.